The van der Waals surface area contributed by atoms with E-state index in [0.29, 0.717) is 21.8 Å². The van der Waals surface area contributed by atoms with Crippen LogP contribution in [-0.4, -0.2) is 24.5 Å². The lowest BCUT2D eigenvalue weighted by molar-refractivity contribution is 0.0589. The van der Waals surface area contributed by atoms with Crippen LogP contribution in [0.15, 0.2) is 42.5 Å². The van der Waals surface area contributed by atoms with Gasteiger partial charge in [-0.2, -0.15) is 0 Å². The number of halogens is 2. The average Bonchev–Trinajstić information content (AvgIpc) is 2.55. The number of Topliss-reactive ketones (excluding diaryl/α,β-unsaturated/α-hetero) is 1. The molecule has 0 saturated carbocycles. The van der Waals surface area contributed by atoms with Gasteiger partial charge in [0.15, 0.2) is 5.78 Å². The lowest BCUT2D eigenvalue weighted by Crippen LogP contribution is -2.34. The van der Waals surface area contributed by atoms with E-state index in [1.54, 1.807) is 58.2 Å². The van der Waals surface area contributed by atoms with Gasteiger partial charge in [-0.25, -0.2) is 9.18 Å². The zero-order valence-corrected chi connectivity index (χ0v) is 15.9. The molecule has 0 aromatic heterocycles. The quantitative estimate of drug-likeness (QED) is 0.681. The van der Waals surface area contributed by atoms with E-state index in [1.807, 2.05) is 0 Å². The minimum atomic E-state index is -0.626. The molecule has 6 heteroatoms. The molecule has 0 radical (unpaired) electrons. The summed E-state index contributed by atoms with van der Waals surface area (Å²) in [6.45, 7) is 5.33. The maximum absolute atomic E-state index is 13.0. The van der Waals surface area contributed by atoms with E-state index in [4.69, 9.17) is 16.3 Å². The molecule has 2 rings (SSSR count). The van der Waals surface area contributed by atoms with Crippen LogP contribution in [0.1, 0.15) is 36.7 Å². The molecule has 4 nitrogen and oxygen atoms in total. The number of hydrogen-bond donors (Lipinski definition) is 0. The van der Waals surface area contributed by atoms with Crippen LogP contribution in [0.25, 0.3) is 0 Å². The largest absolute Gasteiger partial charge is 0.443 e. The van der Waals surface area contributed by atoms with E-state index >= 15 is 0 Å². The van der Waals surface area contributed by atoms with Gasteiger partial charge in [-0.05, 0) is 56.7 Å². The molecule has 0 heterocycles. The van der Waals surface area contributed by atoms with Gasteiger partial charge in [-0.1, -0.05) is 23.7 Å². The molecule has 0 spiro atoms. The zero-order valence-electron chi connectivity index (χ0n) is 15.2. The summed E-state index contributed by atoms with van der Waals surface area (Å²) in [6, 6.07) is 10.5. The number of amides is 1. The monoisotopic (exact) mass is 377 g/mol. The molecule has 0 aliphatic carbocycles. The molecule has 0 fully saturated rings. The van der Waals surface area contributed by atoms with Gasteiger partial charge < -0.3 is 4.74 Å². The van der Waals surface area contributed by atoms with E-state index in [1.165, 1.54) is 17.0 Å². The number of carbonyl (C=O) groups is 2. The number of carbonyl (C=O) groups excluding carboxylic acids is 2. The Balaban J connectivity index is 2.21. The van der Waals surface area contributed by atoms with Crippen molar-refractivity contribution in [2.75, 3.05) is 11.9 Å². The van der Waals surface area contributed by atoms with Crippen LogP contribution in [0, 0.1) is 5.82 Å². The molecule has 0 aliphatic rings. The Kier molecular flexibility index (Phi) is 6.03. The highest BCUT2D eigenvalue weighted by Crippen LogP contribution is 2.25. The van der Waals surface area contributed by atoms with Crippen molar-refractivity contribution in [1.82, 2.24) is 0 Å². The normalized spacial score (nSPS) is 11.2. The van der Waals surface area contributed by atoms with Crippen LogP contribution < -0.4 is 4.90 Å². The van der Waals surface area contributed by atoms with Gasteiger partial charge in [0.25, 0.3) is 0 Å². The highest BCUT2D eigenvalue weighted by molar-refractivity contribution is 6.34. The summed E-state index contributed by atoms with van der Waals surface area (Å²) >= 11 is 6.16. The molecule has 26 heavy (non-hydrogen) atoms. The molecule has 2 aromatic rings. The molecule has 0 bridgehead atoms. The molecule has 0 N–H and O–H groups in total. The second-order valence-corrected chi connectivity index (χ2v) is 7.34. The summed E-state index contributed by atoms with van der Waals surface area (Å²) in [6.07, 6.45) is -0.448. The van der Waals surface area contributed by atoms with Crippen LogP contribution in [0.2, 0.25) is 5.02 Å². The predicted molar refractivity (Wildman–Crippen MR) is 101 cm³/mol. The standard InChI is InChI=1S/C20H21ClFNO3/c1-20(2,3)26-19(25)23(4)15-9-10-17(21)16(12-15)18(24)11-13-5-7-14(22)8-6-13/h5-10,12H,11H2,1-4H3. The molecule has 0 atom stereocenters. The lowest BCUT2D eigenvalue weighted by Gasteiger charge is -2.25. The third-order valence-corrected chi connectivity index (χ3v) is 3.91. The number of ketones is 1. The Morgan fingerprint density at radius 3 is 2.31 bits per heavy atom. The fraction of sp³-hybridized carbons (Fsp3) is 0.300. The summed E-state index contributed by atoms with van der Waals surface area (Å²) < 4.78 is 18.3. The number of anilines is 1. The Bertz CT molecular complexity index is 813. The summed E-state index contributed by atoms with van der Waals surface area (Å²) in [4.78, 5) is 26.1. The minimum Gasteiger partial charge on any atom is -0.443 e. The Labute approximate surface area is 157 Å². The fourth-order valence-corrected chi connectivity index (χ4v) is 2.48. The molecule has 0 aliphatic heterocycles. The van der Waals surface area contributed by atoms with Gasteiger partial charge in [0.05, 0.1) is 5.02 Å². The summed E-state index contributed by atoms with van der Waals surface area (Å²) in [5, 5.41) is 0.290. The van der Waals surface area contributed by atoms with E-state index in [9.17, 15) is 14.0 Å². The number of benzene rings is 2. The summed E-state index contributed by atoms with van der Waals surface area (Å²) in [5.74, 6) is -0.582. The van der Waals surface area contributed by atoms with Gasteiger partial charge in [0.1, 0.15) is 11.4 Å². The van der Waals surface area contributed by atoms with Crippen molar-refractivity contribution in [2.45, 2.75) is 32.8 Å². The molecule has 138 valence electrons. The van der Waals surface area contributed by atoms with Gasteiger partial charge in [0, 0.05) is 24.7 Å². The first-order chi connectivity index (χ1) is 12.1. The predicted octanol–water partition coefficient (Wildman–Crippen LogP) is 5.28. The highest BCUT2D eigenvalue weighted by atomic mass is 35.5. The first-order valence-corrected chi connectivity index (χ1v) is 8.48. The lowest BCUT2D eigenvalue weighted by atomic mass is 10.0. The van der Waals surface area contributed by atoms with E-state index in [0.717, 1.165) is 0 Å². The summed E-state index contributed by atoms with van der Waals surface area (Å²) in [5.41, 5.74) is 0.840. The number of nitrogens with zero attached hydrogens (tertiary/aromatic N) is 1. The zero-order chi connectivity index (χ0) is 19.5. The van der Waals surface area contributed by atoms with Gasteiger partial charge in [0.2, 0.25) is 0 Å². The van der Waals surface area contributed by atoms with Crippen LogP contribution in [0.4, 0.5) is 14.9 Å². The van der Waals surface area contributed by atoms with E-state index in [2.05, 4.69) is 0 Å². The van der Waals surface area contributed by atoms with Gasteiger partial charge in [-0.15, -0.1) is 0 Å². The second kappa shape index (κ2) is 7.87. The first-order valence-electron chi connectivity index (χ1n) is 8.11. The maximum Gasteiger partial charge on any atom is 0.414 e. The van der Waals surface area contributed by atoms with Gasteiger partial charge >= 0.3 is 6.09 Å². The van der Waals surface area contributed by atoms with Crippen molar-refractivity contribution >= 4 is 29.2 Å². The number of hydrogen-bond acceptors (Lipinski definition) is 3. The van der Waals surface area contributed by atoms with Crippen molar-refractivity contribution in [3.63, 3.8) is 0 Å². The minimum absolute atomic E-state index is 0.0829. The van der Waals surface area contributed by atoms with Crippen molar-refractivity contribution in [3.05, 3.63) is 64.4 Å². The Hall–Kier alpha value is -2.40. The first kappa shape index (κ1) is 19.9. The maximum atomic E-state index is 13.0. The van der Waals surface area contributed by atoms with Crippen molar-refractivity contribution < 1.29 is 18.7 Å². The third-order valence-electron chi connectivity index (χ3n) is 3.58. The summed E-state index contributed by atoms with van der Waals surface area (Å²) in [7, 11) is 1.56. The third kappa shape index (κ3) is 5.30. The Morgan fingerprint density at radius 2 is 1.73 bits per heavy atom. The SMILES string of the molecule is CN(C(=O)OC(C)(C)C)c1ccc(Cl)c(C(=O)Cc2ccc(F)cc2)c1. The van der Waals surface area contributed by atoms with Crippen LogP contribution >= 0.6 is 11.6 Å². The molecule has 0 unspecified atom stereocenters. The average molecular weight is 378 g/mol. The Morgan fingerprint density at radius 1 is 1.12 bits per heavy atom. The molecule has 1 amide bonds. The highest BCUT2D eigenvalue weighted by Gasteiger charge is 2.22. The van der Waals surface area contributed by atoms with Gasteiger partial charge in [-0.3, -0.25) is 9.69 Å². The molecule has 2 aromatic carbocycles. The van der Waals surface area contributed by atoms with Crippen molar-refractivity contribution in [2.24, 2.45) is 0 Å². The van der Waals surface area contributed by atoms with Crippen LogP contribution in [-0.2, 0) is 11.2 Å². The second-order valence-electron chi connectivity index (χ2n) is 6.93. The van der Waals surface area contributed by atoms with E-state index < -0.39 is 11.7 Å². The molecular formula is C20H21ClFNO3. The smallest absolute Gasteiger partial charge is 0.414 e. The van der Waals surface area contributed by atoms with Crippen LogP contribution in [0.3, 0.4) is 0 Å². The number of rotatable bonds is 4. The van der Waals surface area contributed by atoms with Crippen molar-refractivity contribution in [3.8, 4) is 0 Å². The molecular weight excluding hydrogens is 357 g/mol. The van der Waals surface area contributed by atoms with E-state index in [-0.39, 0.29) is 18.0 Å². The topological polar surface area (TPSA) is 46.6 Å². The number of ether oxygens (including phenoxy) is 1. The van der Waals surface area contributed by atoms with Crippen LogP contribution in [0.5, 0.6) is 0 Å². The molecule has 0 saturated heterocycles. The van der Waals surface area contributed by atoms with Crippen molar-refractivity contribution in [1.29, 1.82) is 0 Å². The fourth-order valence-electron chi connectivity index (χ4n) is 2.25.